The molecule has 12 nitrogen and oxygen atoms in total. The van der Waals surface area contributed by atoms with E-state index in [1.165, 1.54) is 136 Å². The van der Waals surface area contributed by atoms with E-state index in [1.54, 1.807) is 0 Å². The number of ether oxygens (including phenoxy) is 2. The molecule has 46 heavy (non-hydrogen) atoms. The Morgan fingerprint density at radius 2 is 0.804 bits per heavy atom. The molecule has 0 unspecified atom stereocenters. The number of sulfonamides is 2. The summed E-state index contributed by atoms with van der Waals surface area (Å²) < 4.78 is 67.2. The number of hydrogen-bond acceptors (Lipinski definition) is 10. The SMILES string of the molecule is COc1ccc(S(=O)(=O)N(C(=O)c2ccncc2)c2ccc(N(C(=O)c3ccncc3)S(=O)(=O)c3ccc(OC)cc3)cc2)cc1. The number of methoxy groups -OCH3 is 2. The number of nitrogens with zero attached hydrogens (tertiary/aromatic N) is 4. The van der Waals surface area contributed by atoms with Gasteiger partial charge in [-0.1, -0.05) is 0 Å². The first kappa shape index (κ1) is 31.8. The van der Waals surface area contributed by atoms with Crippen LogP contribution in [0.5, 0.6) is 11.5 Å². The van der Waals surface area contributed by atoms with Crippen molar-refractivity contribution in [1.82, 2.24) is 9.97 Å². The smallest absolute Gasteiger partial charge is 0.272 e. The highest BCUT2D eigenvalue weighted by atomic mass is 32.2. The lowest BCUT2D eigenvalue weighted by Gasteiger charge is -2.25. The van der Waals surface area contributed by atoms with Crippen molar-refractivity contribution in [3.63, 3.8) is 0 Å². The Kier molecular flexibility index (Phi) is 9.11. The number of hydrogen-bond donors (Lipinski definition) is 0. The molecule has 0 spiro atoms. The molecule has 0 N–H and O–H groups in total. The van der Waals surface area contributed by atoms with Gasteiger partial charge in [-0.15, -0.1) is 0 Å². The van der Waals surface area contributed by atoms with Crippen molar-refractivity contribution < 1.29 is 35.9 Å². The van der Waals surface area contributed by atoms with Gasteiger partial charge < -0.3 is 9.47 Å². The predicted octanol–water partition coefficient (Wildman–Crippen LogP) is 4.57. The summed E-state index contributed by atoms with van der Waals surface area (Å²) in [6, 6.07) is 21.4. The van der Waals surface area contributed by atoms with Gasteiger partial charge >= 0.3 is 0 Å². The van der Waals surface area contributed by atoms with Crippen molar-refractivity contribution in [3.8, 4) is 11.5 Å². The minimum atomic E-state index is -4.51. The van der Waals surface area contributed by atoms with E-state index in [2.05, 4.69) is 9.97 Å². The average molecular weight is 659 g/mol. The van der Waals surface area contributed by atoms with E-state index in [9.17, 15) is 26.4 Å². The van der Waals surface area contributed by atoms with Gasteiger partial charge in [0.1, 0.15) is 11.5 Å². The summed E-state index contributed by atoms with van der Waals surface area (Å²) in [4.78, 5) is 34.8. The summed E-state index contributed by atoms with van der Waals surface area (Å²) in [6.07, 6.45) is 5.39. The van der Waals surface area contributed by atoms with Crippen molar-refractivity contribution in [2.45, 2.75) is 9.79 Å². The first-order chi connectivity index (χ1) is 22.1. The number of rotatable bonds is 10. The Hall–Kier alpha value is -5.60. The Morgan fingerprint density at radius 1 is 0.500 bits per heavy atom. The molecule has 0 saturated heterocycles. The quantitative estimate of drug-likeness (QED) is 0.209. The lowest BCUT2D eigenvalue weighted by Crippen LogP contribution is -2.38. The molecular weight excluding hydrogens is 633 g/mol. The van der Waals surface area contributed by atoms with Crippen LogP contribution in [0.15, 0.2) is 132 Å². The normalized spacial score (nSPS) is 11.3. The molecule has 2 amide bonds. The molecule has 2 heterocycles. The molecule has 234 valence electrons. The number of aromatic nitrogens is 2. The second-order valence-corrected chi connectivity index (χ2v) is 13.1. The lowest BCUT2D eigenvalue weighted by molar-refractivity contribution is 0.0996. The fourth-order valence-corrected chi connectivity index (χ4v) is 7.21. The van der Waals surface area contributed by atoms with Gasteiger partial charge in [-0.3, -0.25) is 19.6 Å². The summed E-state index contributed by atoms with van der Waals surface area (Å²) in [5.74, 6) is -0.956. The van der Waals surface area contributed by atoms with Gasteiger partial charge in [0.2, 0.25) is 0 Å². The van der Waals surface area contributed by atoms with Crippen LogP contribution in [0.25, 0.3) is 0 Å². The molecule has 5 aromatic rings. The van der Waals surface area contributed by atoms with Gasteiger partial charge in [-0.25, -0.2) is 16.8 Å². The highest BCUT2D eigenvalue weighted by Crippen LogP contribution is 2.32. The minimum absolute atomic E-state index is 0.0349. The van der Waals surface area contributed by atoms with Crippen LogP contribution in [0.3, 0.4) is 0 Å². The number of anilines is 2. The fourth-order valence-electron chi connectivity index (χ4n) is 4.38. The second-order valence-electron chi connectivity index (χ2n) is 9.49. The Balaban J connectivity index is 1.62. The van der Waals surface area contributed by atoms with E-state index in [4.69, 9.17) is 9.47 Å². The molecule has 14 heteroatoms. The van der Waals surface area contributed by atoms with Crippen LogP contribution in [0, 0.1) is 0 Å². The van der Waals surface area contributed by atoms with E-state index in [-0.39, 0.29) is 32.3 Å². The van der Waals surface area contributed by atoms with Gasteiger partial charge in [-0.05, 0) is 97.1 Å². The number of amides is 2. The Morgan fingerprint density at radius 3 is 1.09 bits per heavy atom. The topological polar surface area (TPSA) is 153 Å². The van der Waals surface area contributed by atoms with Crippen LogP contribution in [0.4, 0.5) is 11.4 Å². The van der Waals surface area contributed by atoms with Crippen LogP contribution in [0.2, 0.25) is 0 Å². The van der Waals surface area contributed by atoms with E-state index in [1.807, 2.05) is 0 Å². The molecule has 0 aliphatic heterocycles. The molecule has 0 aliphatic rings. The van der Waals surface area contributed by atoms with Gasteiger partial charge in [0.25, 0.3) is 31.9 Å². The van der Waals surface area contributed by atoms with Gasteiger partial charge in [0.05, 0.1) is 35.4 Å². The van der Waals surface area contributed by atoms with Crippen molar-refractivity contribution in [3.05, 3.63) is 133 Å². The van der Waals surface area contributed by atoms with Crippen LogP contribution >= 0.6 is 0 Å². The first-order valence-corrected chi connectivity index (χ1v) is 16.3. The third kappa shape index (κ3) is 6.29. The highest BCUT2D eigenvalue weighted by molar-refractivity contribution is 7.94. The maximum atomic E-state index is 13.9. The maximum absolute atomic E-state index is 13.9. The van der Waals surface area contributed by atoms with Gasteiger partial charge in [0.15, 0.2) is 0 Å². The zero-order valence-corrected chi connectivity index (χ0v) is 26.1. The van der Waals surface area contributed by atoms with Crippen molar-refractivity contribution in [2.24, 2.45) is 0 Å². The third-order valence-electron chi connectivity index (χ3n) is 6.74. The number of carbonyl (C=O) groups excluding carboxylic acids is 2. The monoisotopic (exact) mass is 658 g/mol. The molecular formula is C32H26N4O8S2. The van der Waals surface area contributed by atoms with E-state index in [0.29, 0.717) is 20.1 Å². The first-order valence-electron chi connectivity index (χ1n) is 13.5. The molecule has 0 bridgehead atoms. The van der Waals surface area contributed by atoms with Gasteiger partial charge in [0, 0.05) is 35.9 Å². The fraction of sp³-hybridized carbons (Fsp3) is 0.0625. The molecule has 0 aliphatic carbocycles. The standard InChI is InChI=1S/C32H26N4O8S2/c1-43-27-7-11-29(12-8-27)45(39,40)35(31(37)23-15-19-33-20-16-23)25-3-5-26(6-4-25)36(32(38)24-17-21-34-22-18-24)46(41,42)30-13-9-28(44-2)10-14-30/h3-22H,1-2H3. The number of pyridine rings is 2. The summed E-state index contributed by atoms with van der Waals surface area (Å²) in [5.41, 5.74) is -0.153. The summed E-state index contributed by atoms with van der Waals surface area (Å²) in [7, 11) is -6.15. The predicted molar refractivity (Wildman–Crippen MR) is 169 cm³/mol. The highest BCUT2D eigenvalue weighted by Gasteiger charge is 2.35. The number of benzene rings is 3. The Bertz CT molecular complexity index is 1910. The molecule has 0 fully saturated rings. The number of carbonyl (C=O) groups is 2. The van der Waals surface area contributed by atoms with Gasteiger partial charge in [-0.2, -0.15) is 8.61 Å². The molecule has 0 radical (unpaired) electrons. The zero-order chi connectivity index (χ0) is 32.9. The molecule has 0 atom stereocenters. The van der Waals surface area contributed by atoms with Crippen LogP contribution < -0.4 is 18.1 Å². The molecule has 0 saturated carbocycles. The van der Waals surface area contributed by atoms with Crippen molar-refractivity contribution >= 4 is 43.2 Å². The lowest BCUT2D eigenvalue weighted by atomic mass is 10.2. The molecule has 5 rings (SSSR count). The van der Waals surface area contributed by atoms with E-state index >= 15 is 0 Å². The third-order valence-corrected chi connectivity index (χ3v) is 10.2. The average Bonchev–Trinajstić information content (AvgIpc) is 3.09. The summed E-state index contributed by atoms with van der Waals surface area (Å²) in [5, 5.41) is 0. The van der Waals surface area contributed by atoms with Crippen molar-refractivity contribution in [1.29, 1.82) is 0 Å². The second kappa shape index (κ2) is 13.2. The summed E-state index contributed by atoms with van der Waals surface area (Å²) >= 11 is 0. The van der Waals surface area contributed by atoms with Crippen LogP contribution in [-0.2, 0) is 20.0 Å². The van der Waals surface area contributed by atoms with E-state index in [0.717, 1.165) is 0 Å². The Labute approximate surface area is 265 Å². The zero-order valence-electron chi connectivity index (χ0n) is 24.4. The minimum Gasteiger partial charge on any atom is -0.497 e. The largest absolute Gasteiger partial charge is 0.497 e. The van der Waals surface area contributed by atoms with Crippen LogP contribution in [-0.4, -0.2) is 52.8 Å². The maximum Gasteiger partial charge on any atom is 0.272 e. The van der Waals surface area contributed by atoms with Crippen molar-refractivity contribution in [2.75, 3.05) is 22.8 Å². The molecule has 3 aromatic carbocycles. The van der Waals surface area contributed by atoms with Crippen LogP contribution in [0.1, 0.15) is 20.7 Å². The molecule has 2 aromatic heterocycles. The summed E-state index contributed by atoms with van der Waals surface area (Å²) in [6.45, 7) is 0. The van der Waals surface area contributed by atoms with E-state index < -0.39 is 31.9 Å².